The van der Waals surface area contributed by atoms with Gasteiger partial charge in [0.1, 0.15) is 0 Å². The Hall–Kier alpha value is -1.55. The Balaban J connectivity index is 2.47. The van der Waals surface area contributed by atoms with Crippen LogP contribution in [0.25, 0.3) is 0 Å². The maximum absolute atomic E-state index is 12.7. The van der Waals surface area contributed by atoms with Crippen LogP contribution in [0.15, 0.2) is 23.1 Å². The van der Waals surface area contributed by atoms with Crippen molar-refractivity contribution in [1.29, 1.82) is 0 Å². The van der Waals surface area contributed by atoms with Gasteiger partial charge in [0.15, 0.2) is 0 Å². The van der Waals surface area contributed by atoms with Crippen LogP contribution in [0.1, 0.15) is 5.56 Å². The molecule has 1 saturated heterocycles. The summed E-state index contributed by atoms with van der Waals surface area (Å²) in [6.45, 7) is 1.64. The van der Waals surface area contributed by atoms with Crippen LogP contribution < -0.4 is 0 Å². The third kappa shape index (κ3) is 3.05. The lowest BCUT2D eigenvalue weighted by atomic mass is 10.2. The summed E-state index contributed by atoms with van der Waals surface area (Å²) >= 11 is 0. The second-order valence-corrected chi connectivity index (χ2v) is 6.59. The molecule has 116 valence electrons. The number of hydrogen-bond donors (Lipinski definition) is 1. The van der Waals surface area contributed by atoms with E-state index in [2.05, 4.69) is 0 Å². The SMILES string of the molecule is Cc1ccc([N+](=O)[O-])cc1S(=O)(=O)N1CCOCC1CO. The number of morpholine rings is 1. The molecule has 0 spiro atoms. The standard InChI is InChI=1S/C12H16N2O6S/c1-9-2-3-10(14(16)17)6-12(9)21(18,19)13-4-5-20-8-11(13)7-15/h2-3,6,11,15H,4-5,7-8H2,1H3. The van der Waals surface area contributed by atoms with E-state index in [0.29, 0.717) is 5.56 Å². The first-order chi connectivity index (χ1) is 9.87. The molecule has 1 aromatic carbocycles. The van der Waals surface area contributed by atoms with E-state index in [4.69, 9.17) is 4.74 Å². The molecule has 8 nitrogen and oxygen atoms in total. The number of nitro groups is 1. The molecule has 1 aromatic rings. The molecule has 0 saturated carbocycles. The Bertz CT molecular complexity index is 645. The van der Waals surface area contributed by atoms with Crippen molar-refractivity contribution in [2.24, 2.45) is 0 Å². The number of sulfonamides is 1. The van der Waals surface area contributed by atoms with Crippen molar-refractivity contribution in [1.82, 2.24) is 4.31 Å². The van der Waals surface area contributed by atoms with Crippen LogP contribution in [0.3, 0.4) is 0 Å². The van der Waals surface area contributed by atoms with Crippen molar-refractivity contribution in [3.8, 4) is 0 Å². The van der Waals surface area contributed by atoms with Crippen molar-refractivity contribution in [3.05, 3.63) is 33.9 Å². The molecule has 1 fully saturated rings. The van der Waals surface area contributed by atoms with Gasteiger partial charge in [-0.25, -0.2) is 8.42 Å². The molecule has 1 atom stereocenters. The average molecular weight is 316 g/mol. The van der Waals surface area contributed by atoms with Crippen molar-refractivity contribution in [2.45, 2.75) is 17.9 Å². The molecule has 0 amide bonds. The summed E-state index contributed by atoms with van der Waals surface area (Å²) in [4.78, 5) is 10.1. The number of nitrogens with zero attached hydrogens (tertiary/aromatic N) is 2. The van der Waals surface area contributed by atoms with Crippen molar-refractivity contribution >= 4 is 15.7 Å². The van der Waals surface area contributed by atoms with Crippen molar-refractivity contribution < 1.29 is 23.2 Å². The summed E-state index contributed by atoms with van der Waals surface area (Å²) in [7, 11) is -3.92. The minimum absolute atomic E-state index is 0.101. The maximum Gasteiger partial charge on any atom is 0.270 e. The fourth-order valence-electron chi connectivity index (χ4n) is 2.21. The molecule has 0 aliphatic carbocycles. The first-order valence-corrected chi connectivity index (χ1v) is 7.77. The zero-order valence-electron chi connectivity index (χ0n) is 11.4. The molecule has 1 unspecified atom stereocenters. The van der Waals surface area contributed by atoms with Crippen molar-refractivity contribution in [3.63, 3.8) is 0 Å². The van der Waals surface area contributed by atoms with Crippen LogP contribution >= 0.6 is 0 Å². The molecular formula is C12H16N2O6S. The number of benzene rings is 1. The number of non-ortho nitro benzene ring substituents is 1. The summed E-state index contributed by atoms with van der Waals surface area (Å²) < 4.78 is 31.7. The van der Waals surface area contributed by atoms with E-state index in [1.807, 2.05) is 0 Å². The highest BCUT2D eigenvalue weighted by Crippen LogP contribution is 2.26. The number of aliphatic hydroxyl groups is 1. The summed E-state index contributed by atoms with van der Waals surface area (Å²) in [5.41, 5.74) is 0.136. The molecule has 0 radical (unpaired) electrons. The quantitative estimate of drug-likeness (QED) is 0.631. The Kier molecular flexibility index (Phi) is 4.57. The maximum atomic E-state index is 12.7. The third-order valence-electron chi connectivity index (χ3n) is 3.35. The Labute approximate surface area is 122 Å². The van der Waals surface area contributed by atoms with Gasteiger partial charge in [-0.2, -0.15) is 4.31 Å². The predicted molar refractivity (Wildman–Crippen MR) is 73.4 cm³/mol. The molecule has 1 heterocycles. The third-order valence-corrected chi connectivity index (χ3v) is 5.45. The minimum atomic E-state index is -3.92. The predicted octanol–water partition coefficient (Wildman–Crippen LogP) is 0.285. The molecule has 21 heavy (non-hydrogen) atoms. The normalized spacial score (nSPS) is 20.4. The van der Waals surface area contributed by atoms with Gasteiger partial charge in [-0.3, -0.25) is 10.1 Å². The first-order valence-electron chi connectivity index (χ1n) is 6.33. The van der Waals surface area contributed by atoms with Gasteiger partial charge < -0.3 is 9.84 Å². The number of ether oxygens (including phenoxy) is 1. The van der Waals surface area contributed by atoms with Crippen LogP contribution in [0.2, 0.25) is 0 Å². The van der Waals surface area contributed by atoms with Gasteiger partial charge in [0.05, 0.1) is 35.7 Å². The fourth-order valence-corrected chi connectivity index (χ4v) is 4.04. The number of aliphatic hydroxyl groups excluding tert-OH is 1. The van der Waals surface area contributed by atoms with E-state index in [9.17, 15) is 23.6 Å². The number of aryl methyl sites for hydroxylation is 1. The largest absolute Gasteiger partial charge is 0.395 e. The lowest BCUT2D eigenvalue weighted by Gasteiger charge is -2.33. The van der Waals surface area contributed by atoms with E-state index < -0.39 is 21.0 Å². The second-order valence-electron chi connectivity index (χ2n) is 4.73. The van der Waals surface area contributed by atoms with Gasteiger partial charge in [0.2, 0.25) is 10.0 Å². The number of hydrogen-bond acceptors (Lipinski definition) is 6. The Morgan fingerprint density at radius 1 is 1.52 bits per heavy atom. The second kappa shape index (κ2) is 6.06. The molecule has 1 aliphatic heterocycles. The minimum Gasteiger partial charge on any atom is -0.395 e. The number of rotatable bonds is 4. The van der Waals surface area contributed by atoms with E-state index in [1.54, 1.807) is 6.92 Å². The summed E-state index contributed by atoms with van der Waals surface area (Å²) in [6, 6.07) is 3.04. The summed E-state index contributed by atoms with van der Waals surface area (Å²) in [5, 5.41) is 20.1. The summed E-state index contributed by atoms with van der Waals surface area (Å²) in [6.07, 6.45) is 0. The monoisotopic (exact) mass is 316 g/mol. The average Bonchev–Trinajstić information content (AvgIpc) is 2.47. The molecule has 0 aromatic heterocycles. The highest BCUT2D eigenvalue weighted by molar-refractivity contribution is 7.89. The molecular weight excluding hydrogens is 300 g/mol. The van der Waals surface area contributed by atoms with Gasteiger partial charge in [0.25, 0.3) is 5.69 Å². The van der Waals surface area contributed by atoms with E-state index in [0.717, 1.165) is 10.4 Å². The van der Waals surface area contributed by atoms with E-state index >= 15 is 0 Å². The van der Waals surface area contributed by atoms with Crippen LogP contribution in [-0.4, -0.2) is 55.2 Å². The zero-order valence-corrected chi connectivity index (χ0v) is 12.2. The Morgan fingerprint density at radius 3 is 2.86 bits per heavy atom. The Morgan fingerprint density at radius 2 is 2.24 bits per heavy atom. The molecule has 1 N–H and O–H groups in total. The summed E-state index contributed by atoms with van der Waals surface area (Å²) in [5.74, 6) is 0. The molecule has 2 rings (SSSR count). The van der Waals surface area contributed by atoms with Crippen LogP contribution in [0.5, 0.6) is 0 Å². The highest BCUT2D eigenvalue weighted by atomic mass is 32.2. The van der Waals surface area contributed by atoms with Crippen molar-refractivity contribution in [2.75, 3.05) is 26.4 Å². The smallest absolute Gasteiger partial charge is 0.270 e. The molecule has 1 aliphatic rings. The van der Waals surface area contributed by atoms with Crippen LogP contribution in [-0.2, 0) is 14.8 Å². The molecule has 0 bridgehead atoms. The number of nitro benzene ring substituents is 1. The lowest BCUT2D eigenvalue weighted by Crippen LogP contribution is -2.50. The zero-order chi connectivity index (χ0) is 15.6. The van der Waals surface area contributed by atoms with Crippen LogP contribution in [0, 0.1) is 17.0 Å². The first kappa shape index (κ1) is 15.8. The van der Waals surface area contributed by atoms with Gasteiger partial charge >= 0.3 is 0 Å². The fraction of sp³-hybridized carbons (Fsp3) is 0.500. The van der Waals surface area contributed by atoms with Gasteiger partial charge in [-0.1, -0.05) is 6.07 Å². The van der Waals surface area contributed by atoms with E-state index in [-0.39, 0.29) is 36.9 Å². The van der Waals surface area contributed by atoms with Crippen LogP contribution in [0.4, 0.5) is 5.69 Å². The molecule has 9 heteroatoms. The van der Waals surface area contributed by atoms with Gasteiger partial charge in [0, 0.05) is 18.7 Å². The highest BCUT2D eigenvalue weighted by Gasteiger charge is 2.35. The lowest BCUT2D eigenvalue weighted by molar-refractivity contribution is -0.385. The van der Waals surface area contributed by atoms with Gasteiger partial charge in [-0.15, -0.1) is 0 Å². The van der Waals surface area contributed by atoms with Gasteiger partial charge in [-0.05, 0) is 12.5 Å². The van der Waals surface area contributed by atoms with E-state index in [1.165, 1.54) is 12.1 Å². The topological polar surface area (TPSA) is 110 Å².